The van der Waals surface area contributed by atoms with E-state index in [0.29, 0.717) is 30.0 Å². The molecule has 4 rings (SSSR count). The Hall–Kier alpha value is -0.780. The molecule has 26 heavy (non-hydrogen) atoms. The van der Waals surface area contributed by atoms with Gasteiger partial charge in [-0.3, -0.25) is 4.79 Å². The van der Waals surface area contributed by atoms with Crippen LogP contribution in [-0.2, 0) is 11.2 Å². The molecule has 5 nitrogen and oxygen atoms in total. The third-order valence-electron chi connectivity index (χ3n) is 6.24. The molecule has 0 radical (unpaired) electrons. The molecule has 4 heterocycles. The van der Waals surface area contributed by atoms with Gasteiger partial charge in [-0.2, -0.15) is 0 Å². The smallest absolute Gasteiger partial charge is 0.222 e. The van der Waals surface area contributed by atoms with E-state index in [-0.39, 0.29) is 24.8 Å². The number of nitrogens with zero attached hydrogens (tertiary/aromatic N) is 3. The average molecular weight is 403 g/mol. The van der Waals surface area contributed by atoms with Crippen molar-refractivity contribution >= 4 is 30.7 Å². The van der Waals surface area contributed by atoms with Crippen LogP contribution in [0.15, 0.2) is 12.4 Å². The van der Waals surface area contributed by atoms with Gasteiger partial charge < -0.3 is 14.8 Å². The van der Waals surface area contributed by atoms with Crippen molar-refractivity contribution in [3.05, 3.63) is 18.2 Å². The molecule has 1 N–H and O–H groups in total. The van der Waals surface area contributed by atoms with Crippen LogP contribution in [0.1, 0.15) is 63.7 Å². The molecule has 3 unspecified atom stereocenters. The fourth-order valence-electron chi connectivity index (χ4n) is 5.08. The summed E-state index contributed by atoms with van der Waals surface area (Å²) in [5, 5.41) is 3.68. The van der Waals surface area contributed by atoms with Crippen molar-refractivity contribution in [2.45, 2.75) is 76.4 Å². The lowest BCUT2D eigenvalue weighted by Gasteiger charge is -2.36. The molecule has 1 aromatic heterocycles. The van der Waals surface area contributed by atoms with Crippen molar-refractivity contribution in [2.24, 2.45) is 5.92 Å². The zero-order valence-electron chi connectivity index (χ0n) is 15.6. The maximum Gasteiger partial charge on any atom is 0.222 e. The van der Waals surface area contributed by atoms with Gasteiger partial charge in [0.1, 0.15) is 5.82 Å². The molecular formula is C19H32Cl2N4O. The number of imidazole rings is 1. The number of piperidine rings is 2. The second-order valence-corrected chi connectivity index (χ2v) is 7.92. The first-order valence-corrected chi connectivity index (χ1v) is 9.78. The van der Waals surface area contributed by atoms with Gasteiger partial charge in [-0.05, 0) is 44.4 Å². The number of aryl methyl sites for hydroxylation is 1. The van der Waals surface area contributed by atoms with Crippen LogP contribution in [0.3, 0.4) is 0 Å². The molecule has 2 bridgehead atoms. The maximum atomic E-state index is 12.9. The predicted molar refractivity (Wildman–Crippen MR) is 108 cm³/mol. The molecule has 0 spiro atoms. The number of amides is 1. The Kier molecular flexibility index (Phi) is 7.80. The Morgan fingerprint density at radius 2 is 1.96 bits per heavy atom. The van der Waals surface area contributed by atoms with Crippen molar-refractivity contribution < 1.29 is 4.79 Å². The standard InChI is InChI=1S/C19H30N4O.2ClH/c1-2-18-20-7-9-23(18)17-4-3-8-22(13-17)19(24)12-14-10-15-5-6-16(11-14)21-15;;/h7,9,14-17,21H,2-6,8,10-13H2,1H3;2*1H. The Balaban J connectivity index is 0.00000121. The second kappa shape index (κ2) is 9.43. The highest BCUT2D eigenvalue weighted by Gasteiger charge is 2.35. The number of aromatic nitrogens is 2. The molecule has 3 aliphatic rings. The van der Waals surface area contributed by atoms with E-state index in [4.69, 9.17) is 0 Å². The monoisotopic (exact) mass is 402 g/mol. The summed E-state index contributed by atoms with van der Waals surface area (Å²) >= 11 is 0. The molecule has 7 heteroatoms. The van der Waals surface area contributed by atoms with Crippen LogP contribution in [0.5, 0.6) is 0 Å². The van der Waals surface area contributed by atoms with Crippen molar-refractivity contribution in [2.75, 3.05) is 13.1 Å². The molecule has 1 aromatic rings. The van der Waals surface area contributed by atoms with Crippen LogP contribution >= 0.6 is 24.8 Å². The third-order valence-corrected chi connectivity index (χ3v) is 6.24. The highest BCUT2D eigenvalue weighted by atomic mass is 35.5. The number of rotatable bonds is 4. The first-order valence-electron chi connectivity index (χ1n) is 9.78. The quantitative estimate of drug-likeness (QED) is 0.839. The fraction of sp³-hybridized carbons (Fsp3) is 0.789. The van der Waals surface area contributed by atoms with Gasteiger partial charge in [-0.1, -0.05) is 6.92 Å². The van der Waals surface area contributed by atoms with Crippen LogP contribution in [0, 0.1) is 5.92 Å². The summed E-state index contributed by atoms with van der Waals surface area (Å²) in [6.07, 6.45) is 13.0. The normalized spacial score (nSPS) is 30.4. The van der Waals surface area contributed by atoms with Gasteiger partial charge in [-0.25, -0.2) is 4.98 Å². The van der Waals surface area contributed by atoms with Gasteiger partial charge in [0.2, 0.25) is 5.91 Å². The molecule has 3 atom stereocenters. The van der Waals surface area contributed by atoms with Gasteiger partial charge in [0.15, 0.2) is 0 Å². The van der Waals surface area contributed by atoms with E-state index >= 15 is 0 Å². The van der Waals surface area contributed by atoms with Crippen LogP contribution in [0.2, 0.25) is 0 Å². The summed E-state index contributed by atoms with van der Waals surface area (Å²) in [6, 6.07) is 1.76. The van der Waals surface area contributed by atoms with E-state index in [1.54, 1.807) is 0 Å². The van der Waals surface area contributed by atoms with Crippen molar-refractivity contribution in [3.8, 4) is 0 Å². The number of nitrogens with one attached hydrogen (secondary N) is 1. The minimum absolute atomic E-state index is 0. The second-order valence-electron chi connectivity index (χ2n) is 7.92. The van der Waals surface area contributed by atoms with Crippen LogP contribution in [0.4, 0.5) is 0 Å². The lowest BCUT2D eigenvalue weighted by molar-refractivity contribution is -0.134. The molecule has 0 saturated carbocycles. The Bertz CT molecular complexity index is 582. The minimum atomic E-state index is 0. The van der Waals surface area contributed by atoms with Crippen LogP contribution in [-0.4, -0.2) is 45.5 Å². The Morgan fingerprint density at radius 1 is 1.23 bits per heavy atom. The molecule has 3 fully saturated rings. The largest absolute Gasteiger partial charge is 0.341 e. The van der Waals surface area contributed by atoms with E-state index in [0.717, 1.165) is 44.6 Å². The zero-order valence-corrected chi connectivity index (χ0v) is 17.2. The third kappa shape index (κ3) is 4.55. The van der Waals surface area contributed by atoms with Gasteiger partial charge in [0, 0.05) is 50.4 Å². The average Bonchev–Trinajstić information content (AvgIpc) is 3.21. The molecule has 3 saturated heterocycles. The van der Waals surface area contributed by atoms with Gasteiger partial charge in [0.25, 0.3) is 0 Å². The van der Waals surface area contributed by atoms with E-state index in [1.807, 2.05) is 6.20 Å². The fourth-order valence-corrected chi connectivity index (χ4v) is 5.08. The molecule has 148 valence electrons. The lowest BCUT2D eigenvalue weighted by Crippen LogP contribution is -2.43. The van der Waals surface area contributed by atoms with E-state index in [9.17, 15) is 4.79 Å². The van der Waals surface area contributed by atoms with Crippen LogP contribution in [0.25, 0.3) is 0 Å². The topological polar surface area (TPSA) is 50.2 Å². The SMILES string of the molecule is CCc1nccn1C1CCCN(C(=O)CC2CC3CCC(C2)N3)C1.Cl.Cl. The Morgan fingerprint density at radius 3 is 2.65 bits per heavy atom. The molecule has 0 aliphatic carbocycles. The first kappa shape index (κ1) is 21.5. The zero-order chi connectivity index (χ0) is 16.5. The number of carbonyl (C=O) groups is 1. The highest BCUT2D eigenvalue weighted by Crippen LogP contribution is 2.33. The summed E-state index contributed by atoms with van der Waals surface area (Å²) in [7, 11) is 0. The molecule has 0 aromatic carbocycles. The predicted octanol–water partition coefficient (Wildman–Crippen LogP) is 3.37. The number of halogens is 2. The molecular weight excluding hydrogens is 371 g/mol. The Labute approximate surface area is 169 Å². The summed E-state index contributed by atoms with van der Waals surface area (Å²) in [6.45, 7) is 3.94. The summed E-state index contributed by atoms with van der Waals surface area (Å²) < 4.78 is 2.30. The number of hydrogen-bond acceptors (Lipinski definition) is 3. The lowest BCUT2D eigenvalue weighted by atomic mass is 9.89. The highest BCUT2D eigenvalue weighted by molar-refractivity contribution is 5.85. The van der Waals surface area contributed by atoms with E-state index < -0.39 is 0 Å². The van der Waals surface area contributed by atoms with Crippen LogP contribution < -0.4 is 5.32 Å². The molecule has 3 aliphatic heterocycles. The van der Waals surface area contributed by atoms with E-state index in [1.165, 1.54) is 25.7 Å². The summed E-state index contributed by atoms with van der Waals surface area (Å²) in [5.41, 5.74) is 0. The van der Waals surface area contributed by atoms with E-state index in [2.05, 4.69) is 32.9 Å². The summed E-state index contributed by atoms with van der Waals surface area (Å²) in [5.74, 6) is 2.12. The number of hydrogen-bond donors (Lipinski definition) is 1. The van der Waals surface area contributed by atoms with Gasteiger partial charge >= 0.3 is 0 Å². The van der Waals surface area contributed by atoms with Crippen molar-refractivity contribution in [1.82, 2.24) is 19.8 Å². The van der Waals surface area contributed by atoms with Gasteiger partial charge in [0.05, 0.1) is 6.04 Å². The number of fused-ring (bicyclic) bond motifs is 2. The number of likely N-dealkylation sites (tertiary alicyclic amines) is 1. The number of carbonyl (C=O) groups excluding carboxylic acids is 1. The maximum absolute atomic E-state index is 12.9. The minimum Gasteiger partial charge on any atom is -0.341 e. The van der Waals surface area contributed by atoms with Crippen molar-refractivity contribution in [3.63, 3.8) is 0 Å². The van der Waals surface area contributed by atoms with Crippen molar-refractivity contribution in [1.29, 1.82) is 0 Å². The first-order chi connectivity index (χ1) is 11.7. The summed E-state index contributed by atoms with van der Waals surface area (Å²) in [4.78, 5) is 19.4. The molecule has 1 amide bonds. The van der Waals surface area contributed by atoms with Gasteiger partial charge in [-0.15, -0.1) is 24.8 Å².